The lowest BCUT2D eigenvalue weighted by molar-refractivity contribution is -0.122. The number of para-hydroxylation sites is 1. The zero-order valence-corrected chi connectivity index (χ0v) is 15.5. The number of amides is 1. The second-order valence-electron chi connectivity index (χ2n) is 6.22. The van der Waals surface area contributed by atoms with Gasteiger partial charge in [0.1, 0.15) is 0 Å². The second-order valence-corrected chi connectivity index (χ2v) is 8.48. The van der Waals surface area contributed by atoms with Crippen LogP contribution in [-0.4, -0.2) is 16.6 Å². The van der Waals surface area contributed by atoms with E-state index < -0.39 is 0 Å². The molecule has 4 rings (SSSR count). The number of hydrogen-bond acceptors (Lipinski definition) is 4. The highest BCUT2D eigenvalue weighted by Gasteiger charge is 2.21. The van der Waals surface area contributed by atoms with Crippen LogP contribution in [0.3, 0.4) is 0 Å². The van der Waals surface area contributed by atoms with Crippen LogP contribution in [0.2, 0.25) is 0 Å². The Morgan fingerprint density at radius 3 is 2.92 bits per heavy atom. The van der Waals surface area contributed by atoms with Crippen LogP contribution < -0.4 is 5.32 Å². The highest BCUT2D eigenvalue weighted by molar-refractivity contribution is 7.99. The molecule has 0 bridgehead atoms. The first-order chi connectivity index (χ1) is 12.3. The third-order valence-corrected chi connectivity index (χ3v) is 6.65. The third kappa shape index (κ3) is 3.88. The van der Waals surface area contributed by atoms with E-state index in [-0.39, 0.29) is 11.9 Å². The summed E-state index contributed by atoms with van der Waals surface area (Å²) in [5.41, 5.74) is 2.32. The Kier molecular flexibility index (Phi) is 5.04. The van der Waals surface area contributed by atoms with E-state index in [9.17, 15) is 4.79 Å². The Bertz CT molecular complexity index is 857. The highest BCUT2D eigenvalue weighted by Crippen LogP contribution is 2.35. The quantitative estimate of drug-likeness (QED) is 0.691. The van der Waals surface area contributed by atoms with Crippen LogP contribution in [0.4, 0.5) is 0 Å². The summed E-state index contributed by atoms with van der Waals surface area (Å²) in [7, 11) is 0. The first-order valence-electron chi connectivity index (χ1n) is 8.65. The van der Waals surface area contributed by atoms with Crippen molar-refractivity contribution < 1.29 is 4.79 Å². The molecule has 1 atom stereocenters. The summed E-state index contributed by atoms with van der Waals surface area (Å²) in [5, 5.41) is 4.34. The van der Waals surface area contributed by atoms with Crippen molar-refractivity contribution in [1.82, 2.24) is 10.3 Å². The molecule has 3 nitrogen and oxygen atoms in total. The van der Waals surface area contributed by atoms with Gasteiger partial charge in [-0.25, -0.2) is 4.98 Å². The number of carbonyl (C=O) groups is 1. The average molecular weight is 369 g/mol. The normalized spacial score (nSPS) is 16.6. The van der Waals surface area contributed by atoms with Crippen LogP contribution in [0.25, 0.3) is 10.2 Å². The Hall–Kier alpha value is -1.85. The molecule has 3 aromatic rings. The van der Waals surface area contributed by atoms with Crippen molar-refractivity contribution in [1.29, 1.82) is 0 Å². The Morgan fingerprint density at radius 1 is 1.16 bits per heavy atom. The molecular formula is C20H20N2OS2. The fourth-order valence-corrected chi connectivity index (χ4v) is 5.32. The molecule has 1 aliphatic heterocycles. The van der Waals surface area contributed by atoms with E-state index in [4.69, 9.17) is 0 Å². The van der Waals surface area contributed by atoms with Crippen LogP contribution in [0, 0.1) is 0 Å². The molecule has 1 N–H and O–H groups in total. The van der Waals surface area contributed by atoms with Crippen LogP contribution in [0.5, 0.6) is 0 Å². The maximum atomic E-state index is 12.3. The van der Waals surface area contributed by atoms with E-state index in [1.807, 2.05) is 30.0 Å². The lowest BCUT2D eigenvalue weighted by Gasteiger charge is -2.25. The number of fused-ring (bicyclic) bond motifs is 2. The lowest BCUT2D eigenvalue weighted by Crippen LogP contribution is -2.30. The monoisotopic (exact) mass is 368 g/mol. The van der Waals surface area contributed by atoms with Gasteiger partial charge in [-0.2, -0.15) is 0 Å². The maximum Gasteiger partial charge on any atom is 0.220 e. The second kappa shape index (κ2) is 7.58. The highest BCUT2D eigenvalue weighted by atomic mass is 32.2. The summed E-state index contributed by atoms with van der Waals surface area (Å²) in [5.74, 6) is 1.21. The minimum atomic E-state index is 0.146. The van der Waals surface area contributed by atoms with Crippen molar-refractivity contribution in [3.63, 3.8) is 0 Å². The molecule has 0 aliphatic carbocycles. The predicted molar refractivity (Wildman–Crippen MR) is 105 cm³/mol. The van der Waals surface area contributed by atoms with Gasteiger partial charge in [0, 0.05) is 17.1 Å². The number of hydrogen-bond donors (Lipinski definition) is 1. The molecule has 1 aromatic heterocycles. The van der Waals surface area contributed by atoms with E-state index in [2.05, 4.69) is 40.6 Å². The van der Waals surface area contributed by atoms with Gasteiger partial charge in [-0.05, 0) is 43.0 Å². The van der Waals surface area contributed by atoms with Crippen LogP contribution in [0.1, 0.15) is 35.9 Å². The van der Waals surface area contributed by atoms with E-state index in [1.54, 1.807) is 11.3 Å². The number of benzene rings is 2. The molecular weight excluding hydrogens is 348 g/mol. The van der Waals surface area contributed by atoms with Gasteiger partial charge in [0.25, 0.3) is 0 Å². The number of nitrogens with one attached hydrogen (secondary N) is 1. The van der Waals surface area contributed by atoms with Crippen molar-refractivity contribution in [3.8, 4) is 0 Å². The summed E-state index contributed by atoms with van der Waals surface area (Å²) >= 11 is 3.61. The van der Waals surface area contributed by atoms with Crippen molar-refractivity contribution in [2.75, 3.05) is 5.75 Å². The SMILES string of the molecule is O=C(CCCc1nc2ccccc2s1)NC1CCSc2ccccc21. The topological polar surface area (TPSA) is 42.0 Å². The zero-order valence-electron chi connectivity index (χ0n) is 13.9. The molecule has 1 amide bonds. The maximum absolute atomic E-state index is 12.3. The first-order valence-corrected chi connectivity index (χ1v) is 10.5. The van der Waals surface area contributed by atoms with Gasteiger partial charge in [-0.15, -0.1) is 23.1 Å². The molecule has 1 unspecified atom stereocenters. The molecule has 5 heteroatoms. The molecule has 0 radical (unpaired) electrons. The summed E-state index contributed by atoms with van der Waals surface area (Å²) in [4.78, 5) is 18.3. The predicted octanol–water partition coefficient (Wildman–Crippen LogP) is 4.97. The largest absolute Gasteiger partial charge is 0.349 e. The van der Waals surface area contributed by atoms with Gasteiger partial charge in [-0.1, -0.05) is 30.3 Å². The molecule has 0 spiro atoms. The van der Waals surface area contributed by atoms with Crippen molar-refractivity contribution >= 4 is 39.2 Å². The van der Waals surface area contributed by atoms with Gasteiger partial charge in [0.15, 0.2) is 0 Å². The number of nitrogens with zero attached hydrogens (tertiary/aromatic N) is 1. The smallest absolute Gasteiger partial charge is 0.220 e. The molecule has 2 heterocycles. The Morgan fingerprint density at radius 2 is 2.00 bits per heavy atom. The fraction of sp³-hybridized carbons (Fsp3) is 0.300. The van der Waals surface area contributed by atoms with E-state index in [0.717, 1.165) is 35.5 Å². The summed E-state index contributed by atoms with van der Waals surface area (Å²) in [6.07, 6.45) is 3.27. The van der Waals surface area contributed by atoms with E-state index in [1.165, 1.54) is 15.2 Å². The number of carbonyl (C=O) groups excluding carboxylic acids is 1. The zero-order chi connectivity index (χ0) is 17.1. The average Bonchev–Trinajstić information content (AvgIpc) is 3.05. The Balaban J connectivity index is 1.31. The number of aryl methyl sites for hydroxylation is 1. The van der Waals surface area contributed by atoms with Crippen molar-refractivity contribution in [2.45, 2.75) is 36.6 Å². The van der Waals surface area contributed by atoms with Crippen molar-refractivity contribution in [3.05, 3.63) is 59.1 Å². The van der Waals surface area contributed by atoms with Crippen LogP contribution in [0.15, 0.2) is 53.4 Å². The minimum Gasteiger partial charge on any atom is -0.349 e. The fourth-order valence-electron chi connectivity index (χ4n) is 3.19. The molecule has 2 aromatic carbocycles. The van der Waals surface area contributed by atoms with Crippen LogP contribution in [-0.2, 0) is 11.2 Å². The van der Waals surface area contributed by atoms with Crippen molar-refractivity contribution in [2.24, 2.45) is 0 Å². The Labute approximate surface area is 155 Å². The summed E-state index contributed by atoms with van der Waals surface area (Å²) in [6, 6.07) is 16.7. The third-order valence-electron chi connectivity index (χ3n) is 4.43. The molecule has 0 fully saturated rings. The minimum absolute atomic E-state index is 0.146. The first kappa shape index (κ1) is 16.6. The van der Waals surface area contributed by atoms with Gasteiger partial charge in [-0.3, -0.25) is 4.79 Å². The van der Waals surface area contributed by atoms with Gasteiger partial charge < -0.3 is 5.32 Å². The molecule has 0 saturated carbocycles. The molecule has 25 heavy (non-hydrogen) atoms. The molecule has 1 aliphatic rings. The van der Waals surface area contributed by atoms with Gasteiger partial charge in [0.05, 0.1) is 21.3 Å². The number of rotatable bonds is 5. The van der Waals surface area contributed by atoms with E-state index in [0.29, 0.717) is 6.42 Å². The standard InChI is InChI=1S/C20H20N2OS2/c23-19(21-15-12-13-24-17-8-3-1-6-14(15)17)10-5-11-20-22-16-7-2-4-9-18(16)25-20/h1-4,6-9,15H,5,10-13H2,(H,21,23). The number of aromatic nitrogens is 1. The lowest BCUT2D eigenvalue weighted by atomic mass is 10.0. The van der Waals surface area contributed by atoms with Crippen LogP contribution >= 0.6 is 23.1 Å². The summed E-state index contributed by atoms with van der Waals surface area (Å²) in [6.45, 7) is 0. The summed E-state index contributed by atoms with van der Waals surface area (Å²) < 4.78 is 1.22. The van der Waals surface area contributed by atoms with Gasteiger partial charge >= 0.3 is 0 Å². The molecule has 128 valence electrons. The number of thiazole rings is 1. The molecule has 0 saturated heterocycles. The van der Waals surface area contributed by atoms with E-state index >= 15 is 0 Å². The number of thioether (sulfide) groups is 1. The van der Waals surface area contributed by atoms with Gasteiger partial charge in [0.2, 0.25) is 5.91 Å².